The lowest BCUT2D eigenvalue weighted by atomic mass is 10.2. The maximum atomic E-state index is 10.2. The third-order valence-corrected chi connectivity index (χ3v) is 1.82. The molecular formula is C9H13N2O2-. The van der Waals surface area contributed by atoms with Crippen molar-refractivity contribution in [2.75, 3.05) is 0 Å². The topological polar surface area (TPSA) is 58.0 Å². The predicted molar refractivity (Wildman–Crippen MR) is 45.9 cm³/mol. The molecule has 0 aromatic carbocycles. The molecule has 0 N–H and O–H groups in total. The van der Waals surface area contributed by atoms with Gasteiger partial charge in [-0.3, -0.25) is 0 Å². The van der Waals surface area contributed by atoms with E-state index in [4.69, 9.17) is 0 Å². The Kier molecular flexibility index (Phi) is 3.06. The molecule has 13 heavy (non-hydrogen) atoms. The van der Waals surface area contributed by atoms with Gasteiger partial charge in [-0.1, -0.05) is 13.8 Å². The molecule has 0 aliphatic rings. The fourth-order valence-electron chi connectivity index (χ4n) is 1.22. The number of aliphatic carboxylic acids is 1. The van der Waals surface area contributed by atoms with Crippen molar-refractivity contribution in [1.82, 2.24) is 9.55 Å². The van der Waals surface area contributed by atoms with E-state index in [0.29, 0.717) is 12.5 Å². The van der Waals surface area contributed by atoms with Gasteiger partial charge in [-0.15, -0.1) is 0 Å². The quantitative estimate of drug-likeness (QED) is 0.664. The first-order valence-corrected chi connectivity index (χ1v) is 4.32. The summed E-state index contributed by atoms with van der Waals surface area (Å²) in [5.41, 5.74) is 0. The van der Waals surface area contributed by atoms with Gasteiger partial charge in [0.1, 0.15) is 5.82 Å². The molecule has 0 radical (unpaired) electrons. The third-order valence-electron chi connectivity index (χ3n) is 1.82. The van der Waals surface area contributed by atoms with Crippen molar-refractivity contribution in [3.63, 3.8) is 0 Å². The van der Waals surface area contributed by atoms with Crippen LogP contribution in [0.4, 0.5) is 0 Å². The summed E-state index contributed by atoms with van der Waals surface area (Å²) >= 11 is 0. The van der Waals surface area contributed by atoms with Crippen LogP contribution in [0.3, 0.4) is 0 Å². The maximum Gasteiger partial charge on any atom is 0.111 e. The summed E-state index contributed by atoms with van der Waals surface area (Å²) < 4.78 is 1.85. The van der Waals surface area contributed by atoms with Crippen LogP contribution in [0.25, 0.3) is 0 Å². The van der Waals surface area contributed by atoms with Crippen LogP contribution in [0.1, 0.15) is 32.0 Å². The molecule has 0 spiro atoms. The van der Waals surface area contributed by atoms with Gasteiger partial charge in [-0.25, -0.2) is 4.98 Å². The first kappa shape index (κ1) is 9.77. The van der Waals surface area contributed by atoms with E-state index in [1.165, 1.54) is 0 Å². The molecular weight excluding hydrogens is 168 g/mol. The number of carbonyl (C=O) groups excluding carboxylic acids is 1. The van der Waals surface area contributed by atoms with Gasteiger partial charge >= 0.3 is 0 Å². The number of hydrogen-bond acceptors (Lipinski definition) is 3. The molecule has 0 atom stereocenters. The van der Waals surface area contributed by atoms with E-state index in [9.17, 15) is 9.90 Å². The zero-order valence-corrected chi connectivity index (χ0v) is 7.86. The lowest BCUT2D eigenvalue weighted by Crippen LogP contribution is -2.24. The van der Waals surface area contributed by atoms with Crippen LogP contribution in [-0.4, -0.2) is 15.5 Å². The standard InChI is InChI=1S/C9H14N2O2/c1-7(2)9-10-4-6-11(9)5-3-8(12)13/h4,6-7H,3,5H2,1-2H3,(H,12,13)/p-1. The molecule has 0 saturated carbocycles. The molecule has 0 amide bonds. The van der Waals surface area contributed by atoms with Gasteiger partial charge in [0.15, 0.2) is 0 Å². The van der Waals surface area contributed by atoms with E-state index in [2.05, 4.69) is 4.98 Å². The third kappa shape index (κ3) is 2.57. The zero-order chi connectivity index (χ0) is 9.84. The molecule has 4 heteroatoms. The Labute approximate surface area is 77.2 Å². The minimum Gasteiger partial charge on any atom is -0.550 e. The number of aryl methyl sites for hydroxylation is 1. The second-order valence-corrected chi connectivity index (χ2v) is 3.26. The summed E-state index contributed by atoms with van der Waals surface area (Å²) in [6.45, 7) is 4.49. The van der Waals surface area contributed by atoms with Crippen LogP contribution in [-0.2, 0) is 11.3 Å². The molecule has 0 bridgehead atoms. The summed E-state index contributed by atoms with van der Waals surface area (Å²) in [6, 6.07) is 0. The summed E-state index contributed by atoms with van der Waals surface area (Å²) in [7, 11) is 0. The number of nitrogens with zero attached hydrogens (tertiary/aromatic N) is 2. The highest BCUT2D eigenvalue weighted by atomic mass is 16.4. The van der Waals surface area contributed by atoms with Crippen molar-refractivity contribution in [1.29, 1.82) is 0 Å². The lowest BCUT2D eigenvalue weighted by molar-refractivity contribution is -0.305. The molecule has 1 aromatic rings. The summed E-state index contributed by atoms with van der Waals surface area (Å²) in [5, 5.41) is 10.2. The van der Waals surface area contributed by atoms with Gasteiger partial charge in [-0.2, -0.15) is 0 Å². The number of carboxylic acids is 1. The summed E-state index contributed by atoms with van der Waals surface area (Å²) in [4.78, 5) is 14.4. The number of imidazole rings is 1. The molecule has 0 fully saturated rings. The van der Waals surface area contributed by atoms with E-state index in [1.54, 1.807) is 12.4 Å². The first-order valence-electron chi connectivity index (χ1n) is 4.32. The van der Waals surface area contributed by atoms with Crippen LogP contribution >= 0.6 is 0 Å². The molecule has 4 nitrogen and oxygen atoms in total. The number of hydrogen-bond donors (Lipinski definition) is 0. The normalized spacial score (nSPS) is 10.7. The van der Waals surface area contributed by atoms with E-state index in [-0.39, 0.29) is 6.42 Å². The predicted octanol–water partition coefficient (Wildman–Crippen LogP) is 0.146. The molecule has 1 aromatic heterocycles. The second kappa shape index (κ2) is 4.07. The van der Waals surface area contributed by atoms with Gasteiger partial charge in [0.2, 0.25) is 0 Å². The van der Waals surface area contributed by atoms with Crippen LogP contribution in [0.5, 0.6) is 0 Å². The number of carboxylic acid groups (broad SMARTS) is 1. The van der Waals surface area contributed by atoms with Gasteiger partial charge in [0.05, 0.1) is 0 Å². The second-order valence-electron chi connectivity index (χ2n) is 3.26. The monoisotopic (exact) mass is 181 g/mol. The Morgan fingerprint density at radius 3 is 2.92 bits per heavy atom. The molecule has 0 saturated heterocycles. The zero-order valence-electron chi connectivity index (χ0n) is 7.86. The number of carbonyl (C=O) groups is 1. The summed E-state index contributed by atoms with van der Waals surface area (Å²) in [6.07, 6.45) is 3.51. The molecule has 0 unspecified atom stereocenters. The van der Waals surface area contributed by atoms with Crippen LogP contribution in [0.2, 0.25) is 0 Å². The van der Waals surface area contributed by atoms with Crippen LogP contribution in [0.15, 0.2) is 12.4 Å². The van der Waals surface area contributed by atoms with Crippen molar-refractivity contribution < 1.29 is 9.90 Å². The Balaban J connectivity index is 2.65. The van der Waals surface area contributed by atoms with Gasteiger partial charge in [0.25, 0.3) is 0 Å². The maximum absolute atomic E-state index is 10.2. The molecule has 0 aliphatic carbocycles. The highest BCUT2D eigenvalue weighted by Gasteiger charge is 2.05. The molecule has 1 heterocycles. The van der Waals surface area contributed by atoms with Gasteiger partial charge < -0.3 is 14.5 Å². The highest BCUT2D eigenvalue weighted by molar-refractivity contribution is 5.64. The SMILES string of the molecule is CC(C)c1nccn1CCC(=O)[O-]. The molecule has 0 aliphatic heterocycles. The van der Waals surface area contributed by atoms with Crippen molar-refractivity contribution in [2.24, 2.45) is 0 Å². The number of rotatable bonds is 4. The largest absolute Gasteiger partial charge is 0.550 e. The molecule has 1 rings (SSSR count). The van der Waals surface area contributed by atoms with Crippen LogP contribution < -0.4 is 5.11 Å². The fraction of sp³-hybridized carbons (Fsp3) is 0.556. The van der Waals surface area contributed by atoms with E-state index >= 15 is 0 Å². The van der Waals surface area contributed by atoms with E-state index in [1.807, 2.05) is 18.4 Å². The van der Waals surface area contributed by atoms with Gasteiger partial charge in [-0.05, 0) is 0 Å². The van der Waals surface area contributed by atoms with E-state index < -0.39 is 5.97 Å². The smallest absolute Gasteiger partial charge is 0.111 e. The lowest BCUT2D eigenvalue weighted by Gasteiger charge is -2.10. The number of aromatic nitrogens is 2. The fourth-order valence-corrected chi connectivity index (χ4v) is 1.22. The highest BCUT2D eigenvalue weighted by Crippen LogP contribution is 2.11. The Bertz CT molecular complexity index is 292. The van der Waals surface area contributed by atoms with Crippen LogP contribution in [0, 0.1) is 0 Å². The minimum absolute atomic E-state index is 0.0378. The first-order chi connectivity index (χ1) is 6.11. The van der Waals surface area contributed by atoms with Crippen molar-refractivity contribution in [3.05, 3.63) is 18.2 Å². The Morgan fingerprint density at radius 1 is 1.69 bits per heavy atom. The summed E-state index contributed by atoms with van der Waals surface area (Å²) in [5.74, 6) is 0.210. The van der Waals surface area contributed by atoms with Crippen molar-refractivity contribution in [3.8, 4) is 0 Å². The minimum atomic E-state index is -1.02. The average Bonchev–Trinajstić information content (AvgIpc) is 2.47. The van der Waals surface area contributed by atoms with Crippen molar-refractivity contribution >= 4 is 5.97 Å². The van der Waals surface area contributed by atoms with Gasteiger partial charge in [0, 0.05) is 37.2 Å². The average molecular weight is 181 g/mol. The van der Waals surface area contributed by atoms with E-state index in [0.717, 1.165) is 5.82 Å². The van der Waals surface area contributed by atoms with Crippen molar-refractivity contribution in [2.45, 2.75) is 32.7 Å². The Hall–Kier alpha value is -1.32. The molecule has 72 valence electrons. The Morgan fingerprint density at radius 2 is 2.38 bits per heavy atom.